The number of allylic oxidation sites excluding steroid dienone is 1. The van der Waals surface area contributed by atoms with Crippen LogP contribution in [-0.4, -0.2) is 18.7 Å². The quantitative estimate of drug-likeness (QED) is 0.0863. The van der Waals surface area contributed by atoms with Crippen LogP contribution >= 0.6 is 0 Å². The number of ether oxygens (including phenoxy) is 2. The highest BCUT2D eigenvalue weighted by Gasteiger charge is 2.59. The first kappa shape index (κ1) is 36.8. The lowest BCUT2D eigenvalue weighted by Crippen LogP contribution is -2.51. The molecule has 0 heterocycles. The van der Waals surface area contributed by atoms with Gasteiger partial charge in [0.25, 0.3) is 0 Å². The zero-order valence-electron chi connectivity index (χ0n) is 32.0. The van der Waals surface area contributed by atoms with E-state index >= 15 is 0 Å². The van der Waals surface area contributed by atoms with Crippen molar-refractivity contribution in [2.45, 2.75) is 138 Å². The van der Waals surface area contributed by atoms with Crippen molar-refractivity contribution in [1.29, 1.82) is 0 Å². The number of hydrogen-bond acceptors (Lipinski definition) is 5. The summed E-state index contributed by atoms with van der Waals surface area (Å²) in [6.07, 6.45) is 20.0. The zero-order valence-corrected chi connectivity index (χ0v) is 32.0. The topological polar surface area (TPSA) is 60.2 Å². The monoisotopic (exact) mass is 680 g/mol. The van der Waals surface area contributed by atoms with Gasteiger partial charge in [-0.3, -0.25) is 0 Å². The van der Waals surface area contributed by atoms with Crippen LogP contribution in [0.15, 0.2) is 70.4 Å². The summed E-state index contributed by atoms with van der Waals surface area (Å²) in [6, 6.07) is 15.0. The molecule has 3 saturated carbocycles. The molecule has 5 nitrogen and oxygen atoms in total. The molecule has 5 heteroatoms. The van der Waals surface area contributed by atoms with E-state index in [2.05, 4.69) is 57.8 Å². The van der Waals surface area contributed by atoms with E-state index in [1.165, 1.54) is 64.2 Å². The van der Waals surface area contributed by atoms with Gasteiger partial charge in [0.05, 0.1) is 23.5 Å². The fourth-order valence-corrected chi connectivity index (χ4v) is 10.9. The number of nitrogens with zero attached hydrogens (tertiary/aromatic N) is 2. The second-order valence-electron chi connectivity index (χ2n) is 17.4. The van der Waals surface area contributed by atoms with Gasteiger partial charge < -0.3 is 9.47 Å². The Balaban J connectivity index is 1.01. The molecule has 2 aromatic rings. The van der Waals surface area contributed by atoms with Crippen molar-refractivity contribution in [3.63, 3.8) is 0 Å². The molecule has 0 aromatic heterocycles. The third-order valence-corrected chi connectivity index (χ3v) is 13.8. The Labute approximate surface area is 303 Å². The van der Waals surface area contributed by atoms with Crippen LogP contribution in [0.5, 0.6) is 5.75 Å². The first-order valence-corrected chi connectivity index (χ1v) is 20.3. The van der Waals surface area contributed by atoms with Crippen LogP contribution in [0.2, 0.25) is 0 Å². The van der Waals surface area contributed by atoms with Crippen molar-refractivity contribution >= 4 is 17.3 Å². The van der Waals surface area contributed by atoms with Gasteiger partial charge in [0.1, 0.15) is 11.9 Å². The molecule has 0 unspecified atom stereocenters. The minimum absolute atomic E-state index is 0.0484. The van der Waals surface area contributed by atoms with Gasteiger partial charge in [-0.2, -0.15) is 10.2 Å². The van der Waals surface area contributed by atoms with Crippen LogP contribution in [0, 0.1) is 46.3 Å². The van der Waals surface area contributed by atoms with E-state index in [0.717, 1.165) is 79.2 Å². The lowest BCUT2D eigenvalue weighted by atomic mass is 9.47. The molecule has 4 aliphatic rings. The highest BCUT2D eigenvalue weighted by Crippen LogP contribution is 2.67. The van der Waals surface area contributed by atoms with Crippen LogP contribution in [0.4, 0.5) is 11.4 Å². The smallest absolute Gasteiger partial charge is 0.338 e. The third kappa shape index (κ3) is 8.07. The predicted octanol–water partition coefficient (Wildman–Crippen LogP) is 13.2. The van der Waals surface area contributed by atoms with Gasteiger partial charge in [0.2, 0.25) is 0 Å². The number of esters is 1. The largest absolute Gasteiger partial charge is 0.494 e. The Kier molecular flexibility index (Phi) is 11.9. The molecule has 4 aliphatic carbocycles. The number of fused-ring (bicyclic) bond motifs is 5. The SMILES string of the molecule is CCCCCOc1ccc(N=Nc2ccc(C(=O)O[C@H]3CC[C@@]4(C)C(=CC[C@H]5[C@@H]6CC[C@H]([C@H](C)CCCC(C)C)[C@@]6(C)CC[C@@H]54)C3)cc2)cc1. The molecule has 8 atom stereocenters. The van der Waals surface area contributed by atoms with Crippen molar-refractivity contribution in [2.24, 2.45) is 56.6 Å². The van der Waals surface area contributed by atoms with Crippen molar-refractivity contribution in [3.05, 3.63) is 65.7 Å². The molecule has 0 bridgehead atoms. The summed E-state index contributed by atoms with van der Waals surface area (Å²) in [7, 11) is 0. The van der Waals surface area contributed by atoms with Crippen LogP contribution < -0.4 is 4.74 Å². The highest BCUT2D eigenvalue weighted by atomic mass is 16.5. The molecule has 2 aromatic carbocycles. The van der Waals surface area contributed by atoms with Crippen LogP contribution in [0.1, 0.15) is 142 Å². The number of rotatable bonds is 14. The summed E-state index contributed by atoms with van der Waals surface area (Å²) in [5.74, 6) is 5.63. The average molecular weight is 681 g/mol. The van der Waals surface area contributed by atoms with Gasteiger partial charge >= 0.3 is 5.97 Å². The van der Waals surface area contributed by atoms with Gasteiger partial charge in [0.15, 0.2) is 0 Å². The molecule has 0 N–H and O–H groups in total. The van der Waals surface area contributed by atoms with Crippen LogP contribution in [-0.2, 0) is 4.74 Å². The summed E-state index contributed by atoms with van der Waals surface area (Å²) in [5.41, 5.74) is 4.37. The summed E-state index contributed by atoms with van der Waals surface area (Å²) < 4.78 is 11.9. The summed E-state index contributed by atoms with van der Waals surface area (Å²) >= 11 is 0. The van der Waals surface area contributed by atoms with Crippen molar-refractivity contribution in [3.8, 4) is 5.75 Å². The van der Waals surface area contributed by atoms with E-state index in [1.54, 1.807) is 17.7 Å². The normalized spacial score (nSPS) is 31.1. The van der Waals surface area contributed by atoms with Gasteiger partial charge in [-0.1, -0.05) is 85.3 Å². The predicted molar refractivity (Wildman–Crippen MR) is 204 cm³/mol. The summed E-state index contributed by atoms with van der Waals surface area (Å²) in [6.45, 7) is 15.5. The Morgan fingerprint density at radius 1 is 0.840 bits per heavy atom. The van der Waals surface area contributed by atoms with Crippen molar-refractivity contribution in [2.75, 3.05) is 6.61 Å². The van der Waals surface area contributed by atoms with E-state index in [0.29, 0.717) is 16.7 Å². The minimum atomic E-state index is -0.237. The molecule has 6 rings (SSSR count). The second kappa shape index (κ2) is 16.2. The first-order chi connectivity index (χ1) is 24.1. The molecular formula is C45H64N2O3. The van der Waals surface area contributed by atoms with Crippen molar-refractivity contribution < 1.29 is 14.3 Å². The summed E-state index contributed by atoms with van der Waals surface area (Å²) in [4.78, 5) is 13.3. The minimum Gasteiger partial charge on any atom is -0.494 e. The van der Waals surface area contributed by atoms with Crippen molar-refractivity contribution in [1.82, 2.24) is 0 Å². The van der Waals surface area contributed by atoms with Gasteiger partial charge in [-0.25, -0.2) is 4.79 Å². The lowest BCUT2D eigenvalue weighted by Gasteiger charge is -2.58. The number of carbonyl (C=O) groups is 1. The maximum absolute atomic E-state index is 13.3. The molecular weight excluding hydrogens is 617 g/mol. The number of hydrogen-bond donors (Lipinski definition) is 0. The first-order valence-electron chi connectivity index (χ1n) is 20.3. The zero-order chi connectivity index (χ0) is 35.3. The lowest BCUT2D eigenvalue weighted by molar-refractivity contribution is -0.0594. The maximum atomic E-state index is 13.3. The second-order valence-corrected chi connectivity index (χ2v) is 17.4. The van der Waals surface area contributed by atoms with Crippen LogP contribution in [0.3, 0.4) is 0 Å². The summed E-state index contributed by atoms with van der Waals surface area (Å²) in [5, 5.41) is 8.74. The van der Waals surface area contributed by atoms with E-state index in [4.69, 9.17) is 9.47 Å². The molecule has 0 saturated heterocycles. The number of carbonyl (C=O) groups excluding carboxylic acids is 1. The molecule has 3 fully saturated rings. The number of azo groups is 1. The Bertz CT molecular complexity index is 1480. The van der Waals surface area contributed by atoms with Gasteiger partial charge in [-0.05, 0) is 146 Å². The van der Waals surface area contributed by atoms with E-state index < -0.39 is 0 Å². The van der Waals surface area contributed by atoms with Crippen LogP contribution in [0.25, 0.3) is 0 Å². The Morgan fingerprint density at radius 3 is 2.26 bits per heavy atom. The molecule has 272 valence electrons. The maximum Gasteiger partial charge on any atom is 0.338 e. The average Bonchev–Trinajstić information content (AvgIpc) is 3.47. The molecule has 0 radical (unpaired) electrons. The molecule has 0 aliphatic heterocycles. The Morgan fingerprint density at radius 2 is 1.56 bits per heavy atom. The van der Waals surface area contributed by atoms with E-state index in [1.807, 2.05) is 36.4 Å². The molecule has 50 heavy (non-hydrogen) atoms. The van der Waals surface area contributed by atoms with Gasteiger partial charge in [0, 0.05) is 6.42 Å². The fraction of sp³-hybridized carbons (Fsp3) is 0.667. The fourth-order valence-electron chi connectivity index (χ4n) is 10.9. The number of unbranched alkanes of at least 4 members (excludes halogenated alkanes) is 2. The molecule has 0 amide bonds. The van der Waals surface area contributed by atoms with E-state index in [-0.39, 0.29) is 17.5 Å². The third-order valence-electron chi connectivity index (χ3n) is 13.8. The number of benzene rings is 2. The molecule has 0 spiro atoms. The highest BCUT2D eigenvalue weighted by molar-refractivity contribution is 5.89. The standard InChI is InChI=1S/C45H64N2O3/c1-7-8-9-29-49-37-20-18-36(19-21-37)47-46-35-16-13-33(14-17-35)43(48)50-38-25-27-44(5)34(30-38)15-22-39-41-24-23-40(32(4)12-10-11-31(2)3)45(41,6)28-26-42(39)44/h13-21,31-32,38-42H,7-12,22-30H2,1-6H3/t32-,38+,39+,40-,41+,42+,44+,45-/m1/s1. The Hall–Kier alpha value is -2.95. The van der Waals surface area contributed by atoms with E-state index in [9.17, 15) is 4.79 Å². The van der Waals surface area contributed by atoms with Gasteiger partial charge in [-0.15, -0.1) is 0 Å².